The molecule has 0 aliphatic rings. The summed E-state index contributed by atoms with van der Waals surface area (Å²) < 4.78 is 0. The van der Waals surface area contributed by atoms with Crippen LogP contribution in [-0.4, -0.2) is 9.97 Å². The zero-order valence-electron chi connectivity index (χ0n) is 28.0. The Morgan fingerprint density at radius 1 is 0.360 bits per heavy atom. The van der Waals surface area contributed by atoms with Crippen LogP contribution in [0, 0.1) is 13.8 Å². The molecule has 9 rings (SSSR count). The maximum atomic E-state index is 5.05. The van der Waals surface area contributed by atoms with Gasteiger partial charge in [-0.05, 0) is 121 Å². The van der Waals surface area contributed by atoms with Crippen molar-refractivity contribution >= 4 is 77.5 Å². The van der Waals surface area contributed by atoms with Crippen molar-refractivity contribution in [3.05, 3.63) is 181 Å². The molecule has 238 valence electrons. The van der Waals surface area contributed by atoms with E-state index in [0.717, 1.165) is 66.7 Å². The molecule has 0 amide bonds. The minimum atomic E-state index is 0.969. The van der Waals surface area contributed by atoms with Gasteiger partial charge in [0.05, 0.1) is 11.0 Å². The minimum absolute atomic E-state index is 0.969. The van der Waals surface area contributed by atoms with E-state index >= 15 is 0 Å². The van der Waals surface area contributed by atoms with E-state index in [1.165, 1.54) is 21.9 Å². The fourth-order valence-corrected chi connectivity index (χ4v) is 7.46. The van der Waals surface area contributed by atoms with E-state index in [9.17, 15) is 0 Å². The number of para-hydroxylation sites is 4. The van der Waals surface area contributed by atoms with Crippen LogP contribution in [0.5, 0.6) is 0 Å². The molecule has 50 heavy (non-hydrogen) atoms. The van der Waals surface area contributed by atoms with E-state index in [1.807, 2.05) is 12.4 Å². The molecular weight excluding hydrogens is 609 g/mol. The number of fused-ring (bicyclic) bond motifs is 6. The highest BCUT2D eigenvalue weighted by Gasteiger charge is 2.18. The Balaban J connectivity index is 1.19. The molecule has 0 saturated heterocycles. The lowest BCUT2D eigenvalue weighted by molar-refractivity contribution is 1.28. The van der Waals surface area contributed by atoms with E-state index in [0.29, 0.717) is 0 Å². The van der Waals surface area contributed by atoms with Gasteiger partial charge in [-0.2, -0.15) is 0 Å². The van der Waals surface area contributed by atoms with Gasteiger partial charge in [0.15, 0.2) is 0 Å². The third-order valence-corrected chi connectivity index (χ3v) is 9.61. The molecule has 0 N–H and O–H groups in total. The molecule has 0 unspecified atom stereocenters. The molecule has 0 spiro atoms. The van der Waals surface area contributed by atoms with Crippen LogP contribution in [0.3, 0.4) is 0 Å². The molecule has 2 aromatic heterocycles. The quantitative estimate of drug-likeness (QED) is 0.133. The second kappa shape index (κ2) is 12.2. The molecule has 0 bridgehead atoms. The lowest BCUT2D eigenvalue weighted by Gasteiger charge is -2.26. The highest BCUT2D eigenvalue weighted by molar-refractivity contribution is 6.17. The van der Waals surface area contributed by atoms with E-state index in [4.69, 9.17) is 9.97 Å². The van der Waals surface area contributed by atoms with Crippen molar-refractivity contribution < 1.29 is 0 Å². The van der Waals surface area contributed by atoms with Crippen LogP contribution in [0.2, 0.25) is 0 Å². The Morgan fingerprint density at radius 3 is 1.00 bits per heavy atom. The largest absolute Gasteiger partial charge is 0.310 e. The summed E-state index contributed by atoms with van der Waals surface area (Å²) in [5.74, 6) is 0. The number of pyridine rings is 2. The van der Waals surface area contributed by atoms with Gasteiger partial charge >= 0.3 is 0 Å². The maximum absolute atomic E-state index is 5.05. The third kappa shape index (κ3) is 5.10. The smallest absolute Gasteiger partial charge is 0.0716 e. The Labute approximate surface area is 291 Å². The lowest BCUT2D eigenvalue weighted by atomic mass is 9.96. The Morgan fingerprint density at radius 2 is 0.680 bits per heavy atom. The molecule has 0 atom stereocenters. The van der Waals surface area contributed by atoms with Crippen LogP contribution in [0.1, 0.15) is 11.1 Å². The van der Waals surface area contributed by atoms with Gasteiger partial charge in [0, 0.05) is 68.1 Å². The first-order valence-electron chi connectivity index (χ1n) is 17.0. The fraction of sp³-hybridized carbons (Fsp3) is 0.0435. The molecule has 0 saturated carbocycles. The summed E-state index contributed by atoms with van der Waals surface area (Å²) in [7, 11) is 0. The van der Waals surface area contributed by atoms with Gasteiger partial charge < -0.3 is 9.80 Å². The molecule has 0 radical (unpaired) electrons. The zero-order valence-corrected chi connectivity index (χ0v) is 28.0. The van der Waals surface area contributed by atoms with Crippen molar-refractivity contribution in [1.82, 2.24) is 9.97 Å². The topological polar surface area (TPSA) is 32.3 Å². The summed E-state index contributed by atoms with van der Waals surface area (Å²) in [5.41, 5.74) is 11.0. The van der Waals surface area contributed by atoms with Crippen LogP contribution in [-0.2, 0) is 0 Å². The molecule has 9 aromatic rings. The summed E-state index contributed by atoms with van der Waals surface area (Å²) >= 11 is 0. The molecular formula is C46H34N4. The van der Waals surface area contributed by atoms with Crippen molar-refractivity contribution in [1.29, 1.82) is 0 Å². The van der Waals surface area contributed by atoms with Crippen LogP contribution in [0.4, 0.5) is 34.1 Å². The number of rotatable bonds is 6. The normalized spacial score (nSPS) is 11.4. The average molecular weight is 643 g/mol. The van der Waals surface area contributed by atoms with Crippen LogP contribution in [0.25, 0.3) is 43.4 Å². The van der Waals surface area contributed by atoms with E-state index in [-0.39, 0.29) is 0 Å². The number of benzene rings is 7. The first-order chi connectivity index (χ1) is 24.6. The molecule has 0 fully saturated rings. The third-order valence-electron chi connectivity index (χ3n) is 9.61. The van der Waals surface area contributed by atoms with Gasteiger partial charge in [-0.1, -0.05) is 72.8 Å². The summed E-state index contributed by atoms with van der Waals surface area (Å²) in [6.45, 7) is 4.41. The van der Waals surface area contributed by atoms with Gasteiger partial charge in [-0.3, -0.25) is 9.97 Å². The highest BCUT2D eigenvalue weighted by atomic mass is 15.1. The maximum Gasteiger partial charge on any atom is 0.0716 e. The average Bonchev–Trinajstić information content (AvgIpc) is 3.16. The predicted molar refractivity (Wildman–Crippen MR) is 211 cm³/mol. The van der Waals surface area contributed by atoms with Crippen LogP contribution >= 0.6 is 0 Å². The number of aromatic nitrogens is 2. The van der Waals surface area contributed by atoms with Crippen molar-refractivity contribution in [2.45, 2.75) is 13.8 Å². The van der Waals surface area contributed by atoms with Crippen LogP contribution < -0.4 is 9.80 Å². The summed E-state index contributed by atoms with van der Waals surface area (Å²) in [4.78, 5) is 14.7. The van der Waals surface area contributed by atoms with Crippen molar-refractivity contribution in [2.24, 2.45) is 0 Å². The first kappa shape index (κ1) is 29.6. The van der Waals surface area contributed by atoms with E-state index in [2.05, 4.69) is 181 Å². The lowest BCUT2D eigenvalue weighted by Crippen LogP contribution is -2.10. The van der Waals surface area contributed by atoms with Gasteiger partial charge in [-0.25, -0.2) is 0 Å². The Hall–Kier alpha value is -6.52. The monoisotopic (exact) mass is 642 g/mol. The van der Waals surface area contributed by atoms with Gasteiger partial charge in [0.2, 0.25) is 0 Å². The summed E-state index contributed by atoms with van der Waals surface area (Å²) in [5, 5.41) is 6.85. The molecule has 7 aromatic carbocycles. The van der Waals surface area contributed by atoms with E-state index in [1.54, 1.807) is 0 Å². The predicted octanol–water partition coefficient (Wildman–Crippen LogP) is 12.6. The standard InChI is InChI=1S/C46H34N4/c1-31-23-39(49(35-15-7-3-8-16-35)36-17-9-4-10-18-36)25-33-29-47-43-28-42-44(27-41(43)45(31)33)48-30-34-26-40(24-32(2)46(34)42)50(37-19-11-5-12-20-37)38-21-13-6-14-22-38/h3-30H,1-2H3. The second-order valence-electron chi connectivity index (χ2n) is 12.9. The van der Waals surface area contributed by atoms with Gasteiger partial charge in [0.25, 0.3) is 0 Å². The SMILES string of the molecule is Cc1cc(N(c2ccccc2)c2ccccc2)cc2cnc3cc4c(cc3c12)ncc1cc(N(c2ccccc2)c2ccccc2)cc(C)c14. The summed E-state index contributed by atoms with van der Waals surface area (Å²) in [6, 6.07) is 55.7. The number of nitrogens with zero attached hydrogens (tertiary/aromatic N) is 4. The number of aryl methyl sites for hydroxylation is 2. The Kier molecular flexibility index (Phi) is 7.21. The van der Waals surface area contributed by atoms with Gasteiger partial charge in [0.1, 0.15) is 0 Å². The summed E-state index contributed by atoms with van der Waals surface area (Å²) in [6.07, 6.45) is 4.05. The Bertz CT molecular complexity index is 2390. The van der Waals surface area contributed by atoms with Crippen LogP contribution in [0.15, 0.2) is 170 Å². The van der Waals surface area contributed by atoms with Crippen molar-refractivity contribution in [3.63, 3.8) is 0 Å². The minimum Gasteiger partial charge on any atom is -0.310 e. The molecule has 2 heterocycles. The fourth-order valence-electron chi connectivity index (χ4n) is 7.46. The number of anilines is 6. The van der Waals surface area contributed by atoms with Crippen molar-refractivity contribution in [2.75, 3.05) is 9.80 Å². The number of hydrogen-bond acceptors (Lipinski definition) is 4. The highest BCUT2D eigenvalue weighted by Crippen LogP contribution is 2.41. The molecule has 4 nitrogen and oxygen atoms in total. The second-order valence-corrected chi connectivity index (χ2v) is 12.9. The molecule has 4 heteroatoms. The zero-order chi connectivity index (χ0) is 33.6. The van der Waals surface area contributed by atoms with Gasteiger partial charge in [-0.15, -0.1) is 0 Å². The first-order valence-corrected chi connectivity index (χ1v) is 17.0. The van der Waals surface area contributed by atoms with Crippen molar-refractivity contribution in [3.8, 4) is 0 Å². The number of hydrogen-bond donors (Lipinski definition) is 0. The molecule has 0 aliphatic heterocycles. The van der Waals surface area contributed by atoms with E-state index < -0.39 is 0 Å². The molecule has 0 aliphatic carbocycles.